The molecule has 7 nitrogen and oxygen atoms in total. The van der Waals surface area contributed by atoms with E-state index >= 15 is 0 Å². The van der Waals surface area contributed by atoms with E-state index in [4.69, 9.17) is 4.74 Å². The van der Waals surface area contributed by atoms with Crippen LogP contribution in [0.1, 0.15) is 22.7 Å². The minimum Gasteiger partial charge on any atom is -0.361 e. The molecule has 2 saturated heterocycles. The Morgan fingerprint density at radius 2 is 1.87 bits per heavy atom. The number of amides is 1. The van der Waals surface area contributed by atoms with Gasteiger partial charge in [-0.15, -0.1) is 0 Å². The lowest BCUT2D eigenvalue weighted by Crippen LogP contribution is -2.59. The monoisotopic (exact) mass is 415 g/mol. The number of pyridine rings is 3. The van der Waals surface area contributed by atoms with Gasteiger partial charge in [-0.3, -0.25) is 24.6 Å². The third-order valence-electron chi connectivity index (χ3n) is 6.13. The number of aromatic nitrogens is 3. The summed E-state index contributed by atoms with van der Waals surface area (Å²) in [5, 5.41) is 0. The maximum absolute atomic E-state index is 13.9. The average molecular weight is 415 g/mol. The van der Waals surface area contributed by atoms with E-state index in [9.17, 15) is 4.79 Å². The first-order chi connectivity index (χ1) is 15.2. The van der Waals surface area contributed by atoms with Gasteiger partial charge in [-0.25, -0.2) is 0 Å². The van der Waals surface area contributed by atoms with Gasteiger partial charge in [0.1, 0.15) is 0 Å². The highest BCUT2D eigenvalue weighted by molar-refractivity contribution is 5.88. The molecular weight excluding hydrogens is 390 g/mol. The summed E-state index contributed by atoms with van der Waals surface area (Å²) in [6.45, 7) is 3.56. The van der Waals surface area contributed by atoms with Crippen LogP contribution >= 0.6 is 0 Å². The standard InChI is InChI=1S/C24H25N5O2/c30-23-24(31-12-11-29(23)15-19-5-3-8-25-13-19)18-28(16-21-7-1-2-10-27-21)17-22(24)20-6-4-9-26-14-20/h1-10,13-14,22H,11-12,15-18H2/t22-,24-/m0/s1. The van der Waals surface area contributed by atoms with Gasteiger partial charge in [0.2, 0.25) is 0 Å². The van der Waals surface area contributed by atoms with Crippen molar-refractivity contribution >= 4 is 5.91 Å². The van der Waals surface area contributed by atoms with Gasteiger partial charge in [0.05, 0.1) is 12.3 Å². The van der Waals surface area contributed by atoms with Crippen LogP contribution in [0.5, 0.6) is 0 Å². The van der Waals surface area contributed by atoms with E-state index < -0.39 is 5.60 Å². The maximum Gasteiger partial charge on any atom is 0.257 e. The number of rotatable bonds is 5. The zero-order valence-corrected chi connectivity index (χ0v) is 17.3. The molecule has 2 fully saturated rings. The topological polar surface area (TPSA) is 71.5 Å². The molecule has 7 heteroatoms. The van der Waals surface area contributed by atoms with Crippen molar-refractivity contribution in [2.75, 3.05) is 26.2 Å². The lowest BCUT2D eigenvalue weighted by atomic mass is 9.83. The maximum atomic E-state index is 13.9. The minimum absolute atomic E-state index is 0.0416. The highest BCUT2D eigenvalue weighted by Gasteiger charge is 2.57. The van der Waals surface area contributed by atoms with Crippen molar-refractivity contribution < 1.29 is 9.53 Å². The van der Waals surface area contributed by atoms with Crippen LogP contribution < -0.4 is 0 Å². The van der Waals surface area contributed by atoms with E-state index in [0.717, 1.165) is 23.4 Å². The fourth-order valence-electron chi connectivity index (χ4n) is 4.71. The van der Waals surface area contributed by atoms with Crippen LogP contribution in [0.4, 0.5) is 0 Å². The van der Waals surface area contributed by atoms with E-state index in [1.54, 1.807) is 18.6 Å². The van der Waals surface area contributed by atoms with Crippen LogP contribution in [0, 0.1) is 0 Å². The Bertz CT molecular complexity index is 1020. The van der Waals surface area contributed by atoms with Crippen molar-refractivity contribution in [2.45, 2.75) is 24.6 Å². The first kappa shape index (κ1) is 19.8. The summed E-state index contributed by atoms with van der Waals surface area (Å²) in [5.74, 6) is -0.0471. The quantitative estimate of drug-likeness (QED) is 0.637. The molecule has 0 bridgehead atoms. The molecule has 0 aromatic carbocycles. The molecule has 3 aromatic heterocycles. The van der Waals surface area contributed by atoms with Gasteiger partial charge in [0.25, 0.3) is 5.91 Å². The first-order valence-electron chi connectivity index (χ1n) is 10.6. The Morgan fingerprint density at radius 3 is 2.61 bits per heavy atom. The number of morpholine rings is 1. The number of hydrogen-bond acceptors (Lipinski definition) is 6. The van der Waals surface area contributed by atoms with Gasteiger partial charge < -0.3 is 9.64 Å². The Balaban J connectivity index is 1.45. The van der Waals surface area contributed by atoms with Gasteiger partial charge in [-0.1, -0.05) is 18.2 Å². The summed E-state index contributed by atoms with van der Waals surface area (Å²) >= 11 is 0. The Morgan fingerprint density at radius 1 is 1.00 bits per heavy atom. The Kier molecular flexibility index (Phi) is 5.44. The molecule has 0 radical (unpaired) electrons. The van der Waals surface area contributed by atoms with Crippen molar-refractivity contribution in [2.24, 2.45) is 0 Å². The number of nitrogens with zero attached hydrogens (tertiary/aromatic N) is 5. The fraction of sp³-hybridized carbons (Fsp3) is 0.333. The number of likely N-dealkylation sites (tertiary alicyclic amines) is 1. The molecule has 3 aromatic rings. The van der Waals surface area contributed by atoms with E-state index in [0.29, 0.717) is 32.8 Å². The van der Waals surface area contributed by atoms with Crippen molar-refractivity contribution in [3.05, 3.63) is 90.3 Å². The van der Waals surface area contributed by atoms with Crippen LogP contribution in [0.25, 0.3) is 0 Å². The number of carbonyl (C=O) groups excluding carboxylic acids is 1. The molecule has 31 heavy (non-hydrogen) atoms. The van der Waals surface area contributed by atoms with E-state index in [1.807, 2.05) is 59.8 Å². The van der Waals surface area contributed by atoms with Crippen molar-refractivity contribution in [1.82, 2.24) is 24.8 Å². The summed E-state index contributed by atoms with van der Waals surface area (Å²) in [6.07, 6.45) is 8.98. The number of carbonyl (C=O) groups is 1. The lowest BCUT2D eigenvalue weighted by Gasteiger charge is -2.42. The first-order valence-corrected chi connectivity index (χ1v) is 10.6. The van der Waals surface area contributed by atoms with Gasteiger partial charge in [0, 0.05) is 69.6 Å². The highest BCUT2D eigenvalue weighted by atomic mass is 16.5. The third kappa shape index (κ3) is 3.94. The predicted octanol–water partition coefficient (Wildman–Crippen LogP) is 2.27. The molecule has 0 N–H and O–H groups in total. The summed E-state index contributed by atoms with van der Waals surface area (Å²) in [4.78, 5) is 31.0. The van der Waals surface area contributed by atoms with E-state index in [1.165, 1.54) is 0 Å². The summed E-state index contributed by atoms with van der Waals surface area (Å²) < 4.78 is 6.34. The molecule has 5 rings (SSSR count). The molecule has 158 valence electrons. The Hall–Kier alpha value is -3.16. The highest BCUT2D eigenvalue weighted by Crippen LogP contribution is 2.42. The molecule has 0 aliphatic carbocycles. The van der Waals surface area contributed by atoms with Gasteiger partial charge >= 0.3 is 0 Å². The lowest BCUT2D eigenvalue weighted by molar-refractivity contribution is -0.173. The zero-order valence-electron chi connectivity index (χ0n) is 17.3. The molecule has 1 spiro atoms. The second-order valence-electron chi connectivity index (χ2n) is 8.16. The van der Waals surface area contributed by atoms with Crippen LogP contribution in [-0.2, 0) is 22.6 Å². The molecule has 5 heterocycles. The second kappa shape index (κ2) is 8.53. The van der Waals surface area contributed by atoms with Gasteiger partial charge in [0.15, 0.2) is 5.60 Å². The van der Waals surface area contributed by atoms with Crippen molar-refractivity contribution in [3.63, 3.8) is 0 Å². The molecule has 1 amide bonds. The van der Waals surface area contributed by atoms with Crippen LogP contribution in [-0.4, -0.2) is 62.5 Å². The summed E-state index contributed by atoms with van der Waals surface area (Å²) in [6, 6.07) is 13.8. The van der Waals surface area contributed by atoms with E-state index in [-0.39, 0.29) is 11.8 Å². The molecule has 2 atom stereocenters. The SMILES string of the molecule is O=C1N(Cc2cccnc2)CCO[C@]12CN(Cc1ccccn1)C[C@H]2c1cccnc1. The summed E-state index contributed by atoms with van der Waals surface area (Å²) in [7, 11) is 0. The smallest absolute Gasteiger partial charge is 0.257 e. The summed E-state index contributed by atoms with van der Waals surface area (Å²) in [5.41, 5.74) is 2.12. The predicted molar refractivity (Wildman–Crippen MR) is 115 cm³/mol. The molecule has 0 unspecified atom stereocenters. The van der Waals surface area contributed by atoms with Crippen LogP contribution in [0.3, 0.4) is 0 Å². The van der Waals surface area contributed by atoms with E-state index in [2.05, 4.69) is 19.9 Å². The van der Waals surface area contributed by atoms with Crippen LogP contribution in [0.15, 0.2) is 73.4 Å². The molecule has 2 aliphatic heterocycles. The largest absolute Gasteiger partial charge is 0.361 e. The van der Waals surface area contributed by atoms with Gasteiger partial charge in [-0.2, -0.15) is 0 Å². The fourth-order valence-corrected chi connectivity index (χ4v) is 4.71. The number of ether oxygens (including phenoxy) is 1. The molecule has 2 aliphatic rings. The van der Waals surface area contributed by atoms with Crippen LogP contribution in [0.2, 0.25) is 0 Å². The average Bonchev–Trinajstić information content (AvgIpc) is 3.17. The minimum atomic E-state index is -0.918. The molecule has 0 saturated carbocycles. The Labute approximate surface area is 181 Å². The molecular formula is C24H25N5O2. The van der Waals surface area contributed by atoms with Crippen molar-refractivity contribution in [3.8, 4) is 0 Å². The third-order valence-corrected chi connectivity index (χ3v) is 6.13. The zero-order chi connectivity index (χ0) is 21.1. The van der Waals surface area contributed by atoms with Crippen molar-refractivity contribution in [1.29, 1.82) is 0 Å². The number of hydrogen-bond donors (Lipinski definition) is 0. The second-order valence-corrected chi connectivity index (χ2v) is 8.16. The normalized spacial score (nSPS) is 24.1. The van der Waals surface area contributed by atoms with Gasteiger partial charge in [-0.05, 0) is 35.4 Å².